The summed E-state index contributed by atoms with van der Waals surface area (Å²) < 4.78 is 26.6. The lowest BCUT2D eigenvalue weighted by Gasteiger charge is -2.21. The highest BCUT2D eigenvalue weighted by Gasteiger charge is 2.26. The van der Waals surface area contributed by atoms with Gasteiger partial charge in [-0.2, -0.15) is 0 Å². The molecule has 2 rings (SSSR count). The van der Waals surface area contributed by atoms with Crippen LogP contribution in [0.15, 0.2) is 28.1 Å². The van der Waals surface area contributed by atoms with Gasteiger partial charge in [-0.25, -0.2) is 13.1 Å². The Hall–Kier alpha value is -2.09. The van der Waals surface area contributed by atoms with Gasteiger partial charge in [-0.1, -0.05) is 6.07 Å². The molecule has 0 bridgehead atoms. The highest BCUT2D eigenvalue weighted by atomic mass is 32.2. The van der Waals surface area contributed by atoms with Crippen LogP contribution < -0.4 is 15.4 Å². The summed E-state index contributed by atoms with van der Waals surface area (Å²) >= 11 is 0. The van der Waals surface area contributed by atoms with E-state index in [-0.39, 0.29) is 16.8 Å². The molecule has 1 aliphatic rings. The summed E-state index contributed by atoms with van der Waals surface area (Å²) in [4.78, 5) is 15.1. The molecule has 0 saturated carbocycles. The van der Waals surface area contributed by atoms with Gasteiger partial charge in [0, 0.05) is 20.0 Å². The Kier molecular flexibility index (Phi) is 4.46. The molecular weight excluding hydrogens is 292 g/mol. The van der Waals surface area contributed by atoms with Gasteiger partial charge in [0.05, 0.1) is 5.69 Å². The monoisotopic (exact) mass is 310 g/mol. The summed E-state index contributed by atoms with van der Waals surface area (Å²) in [6, 6.07) is 5.16. The standard InChI is InChI=1S/C13H18N4O3S/c1-9-4-5-11-12(8-9)21(19,20)17-13(16-11)15-7-3-6-14-10(2)18/h4-5,8H,3,6-7H2,1-2H3,(H,14,18)(H2,15,16,17). The van der Waals surface area contributed by atoms with Gasteiger partial charge in [0.1, 0.15) is 4.90 Å². The van der Waals surface area contributed by atoms with E-state index in [2.05, 4.69) is 20.3 Å². The lowest BCUT2D eigenvalue weighted by molar-refractivity contribution is -0.118. The summed E-state index contributed by atoms with van der Waals surface area (Å²) in [5.74, 6) is 0.109. The first kappa shape index (κ1) is 15.3. The molecule has 0 saturated heterocycles. The number of rotatable bonds is 4. The molecule has 1 amide bonds. The van der Waals surface area contributed by atoms with Crippen LogP contribution in [0.4, 0.5) is 5.69 Å². The second-order valence-corrected chi connectivity index (χ2v) is 6.45. The van der Waals surface area contributed by atoms with Crippen LogP contribution in [0.2, 0.25) is 0 Å². The number of nitrogens with zero attached hydrogens (tertiary/aromatic N) is 1. The van der Waals surface area contributed by atoms with E-state index in [1.807, 2.05) is 13.0 Å². The third kappa shape index (κ3) is 3.94. The second-order valence-electron chi connectivity index (χ2n) is 4.80. The van der Waals surface area contributed by atoms with Crippen LogP contribution in [0.25, 0.3) is 0 Å². The maximum absolute atomic E-state index is 12.1. The van der Waals surface area contributed by atoms with Crippen LogP contribution in [0, 0.1) is 6.92 Å². The molecule has 0 unspecified atom stereocenters. The molecule has 1 heterocycles. The predicted molar refractivity (Wildman–Crippen MR) is 80.7 cm³/mol. The quantitative estimate of drug-likeness (QED) is 0.708. The number of aliphatic imine (C=N–C) groups is 1. The minimum Gasteiger partial charge on any atom is -0.356 e. The molecule has 21 heavy (non-hydrogen) atoms. The minimum absolute atomic E-state index is 0.0940. The van der Waals surface area contributed by atoms with Gasteiger partial charge in [0.15, 0.2) is 0 Å². The molecule has 8 heteroatoms. The molecule has 114 valence electrons. The van der Waals surface area contributed by atoms with Crippen molar-refractivity contribution in [2.24, 2.45) is 4.99 Å². The SMILES string of the molecule is CC(=O)NCCCN=C1Nc2ccc(C)cc2S(=O)(=O)N1. The molecule has 3 N–H and O–H groups in total. The van der Waals surface area contributed by atoms with E-state index in [1.54, 1.807) is 12.1 Å². The molecular formula is C13H18N4O3S. The summed E-state index contributed by atoms with van der Waals surface area (Å²) in [7, 11) is -3.58. The number of guanidine groups is 1. The number of carbonyl (C=O) groups is 1. The van der Waals surface area contributed by atoms with Gasteiger partial charge in [-0.05, 0) is 31.0 Å². The van der Waals surface area contributed by atoms with Crippen molar-refractivity contribution in [1.29, 1.82) is 0 Å². The fraction of sp³-hybridized carbons (Fsp3) is 0.385. The van der Waals surface area contributed by atoms with Crippen LogP contribution in [-0.4, -0.2) is 33.4 Å². The fourth-order valence-corrected chi connectivity index (χ4v) is 3.13. The Morgan fingerprint density at radius 2 is 2.14 bits per heavy atom. The summed E-state index contributed by atoms with van der Waals surface area (Å²) in [5.41, 5.74) is 1.39. The number of carbonyl (C=O) groups excluding carboxylic acids is 1. The van der Waals surface area contributed by atoms with Crippen molar-refractivity contribution in [3.63, 3.8) is 0 Å². The van der Waals surface area contributed by atoms with E-state index in [0.29, 0.717) is 25.2 Å². The molecule has 0 aliphatic carbocycles. The number of nitrogens with one attached hydrogen (secondary N) is 3. The Morgan fingerprint density at radius 3 is 2.86 bits per heavy atom. The highest BCUT2D eigenvalue weighted by molar-refractivity contribution is 7.90. The topological polar surface area (TPSA) is 99.7 Å². The first-order valence-corrected chi connectivity index (χ1v) is 8.06. The number of anilines is 1. The van der Waals surface area contributed by atoms with Gasteiger partial charge in [-0.15, -0.1) is 0 Å². The van der Waals surface area contributed by atoms with Crippen LogP contribution in [0.3, 0.4) is 0 Å². The van der Waals surface area contributed by atoms with E-state index in [4.69, 9.17) is 0 Å². The zero-order valence-electron chi connectivity index (χ0n) is 11.9. The molecule has 1 aliphatic heterocycles. The lowest BCUT2D eigenvalue weighted by Crippen LogP contribution is -2.41. The van der Waals surface area contributed by atoms with Crippen LogP contribution in [0.1, 0.15) is 18.9 Å². The largest absolute Gasteiger partial charge is 0.356 e. The number of amides is 1. The van der Waals surface area contributed by atoms with E-state index >= 15 is 0 Å². The van der Waals surface area contributed by atoms with Gasteiger partial charge >= 0.3 is 0 Å². The van der Waals surface area contributed by atoms with Crippen LogP contribution in [-0.2, 0) is 14.8 Å². The third-order valence-electron chi connectivity index (χ3n) is 2.89. The summed E-state index contributed by atoms with van der Waals surface area (Å²) in [6.45, 7) is 4.20. The number of hydrogen-bond acceptors (Lipinski definition) is 4. The molecule has 0 spiro atoms. The molecule has 1 aromatic carbocycles. The fourth-order valence-electron chi connectivity index (χ4n) is 1.90. The van der Waals surface area contributed by atoms with Crippen molar-refractivity contribution < 1.29 is 13.2 Å². The predicted octanol–water partition coefficient (Wildman–Crippen LogP) is 0.581. The smallest absolute Gasteiger partial charge is 0.266 e. The average molecular weight is 310 g/mol. The maximum atomic E-state index is 12.1. The van der Waals surface area contributed by atoms with Gasteiger partial charge in [-0.3, -0.25) is 9.79 Å². The zero-order valence-corrected chi connectivity index (χ0v) is 12.8. The molecule has 0 aromatic heterocycles. The molecule has 0 radical (unpaired) electrons. The Balaban J connectivity index is 2.06. The number of benzene rings is 1. The van der Waals surface area contributed by atoms with Gasteiger partial charge in [0.2, 0.25) is 11.9 Å². The number of hydrogen-bond donors (Lipinski definition) is 3. The van der Waals surface area contributed by atoms with Gasteiger partial charge in [0.25, 0.3) is 10.0 Å². The van der Waals surface area contributed by atoms with E-state index < -0.39 is 10.0 Å². The van der Waals surface area contributed by atoms with Crippen molar-refractivity contribution in [3.05, 3.63) is 23.8 Å². The number of fused-ring (bicyclic) bond motifs is 1. The number of aryl methyl sites for hydroxylation is 1. The summed E-state index contributed by atoms with van der Waals surface area (Å²) in [6.07, 6.45) is 0.632. The number of sulfonamides is 1. The lowest BCUT2D eigenvalue weighted by atomic mass is 10.2. The van der Waals surface area contributed by atoms with Crippen molar-refractivity contribution in [3.8, 4) is 0 Å². The molecule has 1 aromatic rings. The first-order chi connectivity index (χ1) is 9.88. The Morgan fingerprint density at radius 1 is 1.38 bits per heavy atom. The Bertz CT molecular complexity index is 683. The normalized spacial score (nSPS) is 17.5. The molecule has 0 atom stereocenters. The maximum Gasteiger partial charge on any atom is 0.266 e. The first-order valence-electron chi connectivity index (χ1n) is 6.58. The molecule has 0 fully saturated rings. The molecule has 7 nitrogen and oxygen atoms in total. The van der Waals surface area contributed by atoms with Crippen molar-refractivity contribution in [2.45, 2.75) is 25.2 Å². The minimum atomic E-state index is -3.58. The van der Waals surface area contributed by atoms with E-state index in [0.717, 1.165) is 5.56 Å². The highest BCUT2D eigenvalue weighted by Crippen LogP contribution is 2.25. The third-order valence-corrected chi connectivity index (χ3v) is 4.27. The summed E-state index contributed by atoms with van der Waals surface area (Å²) in [5, 5.41) is 5.61. The van der Waals surface area contributed by atoms with Crippen molar-refractivity contribution in [1.82, 2.24) is 10.0 Å². The van der Waals surface area contributed by atoms with E-state index in [9.17, 15) is 13.2 Å². The second kappa shape index (κ2) is 6.13. The van der Waals surface area contributed by atoms with Crippen molar-refractivity contribution >= 4 is 27.6 Å². The zero-order chi connectivity index (χ0) is 15.5. The van der Waals surface area contributed by atoms with Crippen molar-refractivity contribution in [2.75, 3.05) is 18.4 Å². The Labute approximate surface area is 123 Å². The van der Waals surface area contributed by atoms with Crippen LogP contribution in [0.5, 0.6) is 0 Å². The average Bonchev–Trinajstić information content (AvgIpc) is 2.38. The van der Waals surface area contributed by atoms with Crippen LogP contribution >= 0.6 is 0 Å². The van der Waals surface area contributed by atoms with E-state index in [1.165, 1.54) is 6.92 Å². The van der Waals surface area contributed by atoms with Gasteiger partial charge < -0.3 is 10.6 Å².